The first-order chi connectivity index (χ1) is 14.1. The van der Waals surface area contributed by atoms with Gasteiger partial charge in [-0.25, -0.2) is 9.78 Å². The number of fused-ring (bicyclic) bond motifs is 1. The summed E-state index contributed by atoms with van der Waals surface area (Å²) in [6.07, 6.45) is 1.31. The van der Waals surface area contributed by atoms with Crippen molar-refractivity contribution in [1.82, 2.24) is 20.2 Å². The van der Waals surface area contributed by atoms with Crippen molar-refractivity contribution < 1.29 is 9.59 Å². The topological polar surface area (TPSA) is 90.1 Å². The summed E-state index contributed by atoms with van der Waals surface area (Å²) < 4.78 is 0. The van der Waals surface area contributed by atoms with Crippen molar-refractivity contribution in [1.29, 1.82) is 0 Å². The number of aromatic amines is 1. The molecular weight excluding hydrogens is 366 g/mol. The van der Waals surface area contributed by atoms with Crippen LogP contribution < -0.4 is 10.6 Å². The molecule has 3 N–H and O–H groups in total. The molecule has 0 radical (unpaired) electrons. The lowest BCUT2D eigenvalue weighted by molar-refractivity contribution is -0.126. The lowest BCUT2D eigenvalue weighted by Gasteiger charge is -2.31. The molecule has 1 saturated heterocycles. The molecule has 1 atom stereocenters. The van der Waals surface area contributed by atoms with E-state index in [1.807, 2.05) is 61.5 Å². The molecule has 3 amide bonds. The summed E-state index contributed by atoms with van der Waals surface area (Å²) in [5.41, 5.74) is 2.62. The molecule has 1 aromatic heterocycles. The maximum atomic E-state index is 12.7. The summed E-state index contributed by atoms with van der Waals surface area (Å²) in [5.74, 6) is 0.669. The molecule has 3 aromatic rings. The van der Waals surface area contributed by atoms with Gasteiger partial charge in [-0.3, -0.25) is 4.79 Å². The van der Waals surface area contributed by atoms with Crippen LogP contribution in [0.1, 0.15) is 31.6 Å². The average Bonchev–Trinajstić information content (AvgIpc) is 3.19. The minimum absolute atomic E-state index is 0.0149. The van der Waals surface area contributed by atoms with Gasteiger partial charge in [-0.05, 0) is 44.0 Å². The van der Waals surface area contributed by atoms with Crippen molar-refractivity contribution in [2.45, 2.75) is 25.8 Å². The highest BCUT2D eigenvalue weighted by molar-refractivity contribution is 5.89. The molecular formula is C22H25N5O2. The van der Waals surface area contributed by atoms with E-state index in [9.17, 15) is 9.59 Å². The number of amides is 3. The van der Waals surface area contributed by atoms with Gasteiger partial charge in [0.2, 0.25) is 5.91 Å². The number of hydrogen-bond acceptors (Lipinski definition) is 3. The number of aromatic nitrogens is 2. The van der Waals surface area contributed by atoms with Crippen LogP contribution in [0.4, 0.5) is 10.5 Å². The number of imidazole rings is 1. The Hall–Kier alpha value is -3.35. The molecule has 1 aliphatic heterocycles. The molecule has 0 bridgehead atoms. The second-order valence-electron chi connectivity index (χ2n) is 7.43. The first kappa shape index (κ1) is 19.0. The quantitative estimate of drug-likeness (QED) is 0.634. The number of urea groups is 1. The number of hydrogen-bond donors (Lipinski definition) is 3. The number of para-hydroxylation sites is 3. The fourth-order valence-corrected chi connectivity index (χ4v) is 3.65. The Morgan fingerprint density at radius 2 is 1.76 bits per heavy atom. The number of anilines is 1. The zero-order chi connectivity index (χ0) is 20.2. The van der Waals surface area contributed by atoms with Crippen LogP contribution in [-0.4, -0.2) is 39.9 Å². The van der Waals surface area contributed by atoms with Crippen LogP contribution in [0.15, 0.2) is 54.6 Å². The highest BCUT2D eigenvalue weighted by atomic mass is 16.2. The van der Waals surface area contributed by atoms with Gasteiger partial charge in [0, 0.05) is 24.7 Å². The van der Waals surface area contributed by atoms with E-state index >= 15 is 0 Å². The minimum Gasteiger partial charge on any atom is -0.346 e. The highest BCUT2D eigenvalue weighted by Gasteiger charge is 2.28. The standard InChI is InChI=1S/C22H25N5O2/c1-15(20-25-18-9-5-6-10-19(18)26-20)23-21(28)16-11-13-27(14-12-16)22(29)24-17-7-3-2-4-8-17/h2-10,15-16H,11-14H2,1H3,(H,23,28)(H,24,29)(H,25,26). The predicted molar refractivity (Wildman–Crippen MR) is 112 cm³/mol. The Kier molecular flexibility index (Phi) is 5.46. The number of nitrogens with one attached hydrogen (secondary N) is 3. The molecule has 29 heavy (non-hydrogen) atoms. The maximum absolute atomic E-state index is 12.7. The van der Waals surface area contributed by atoms with Crippen LogP contribution in [0, 0.1) is 5.92 Å². The first-order valence-corrected chi connectivity index (χ1v) is 9.96. The Morgan fingerprint density at radius 3 is 2.48 bits per heavy atom. The van der Waals surface area contributed by atoms with Crippen molar-refractivity contribution in [2.24, 2.45) is 5.92 Å². The largest absolute Gasteiger partial charge is 0.346 e. The number of rotatable bonds is 4. The molecule has 0 saturated carbocycles. The number of piperidine rings is 1. The normalized spacial score (nSPS) is 15.8. The van der Waals surface area contributed by atoms with E-state index in [-0.39, 0.29) is 23.9 Å². The van der Waals surface area contributed by atoms with Gasteiger partial charge in [0.25, 0.3) is 0 Å². The van der Waals surface area contributed by atoms with Crippen molar-refractivity contribution >= 4 is 28.7 Å². The van der Waals surface area contributed by atoms with Crippen LogP contribution >= 0.6 is 0 Å². The molecule has 7 nitrogen and oxygen atoms in total. The van der Waals surface area contributed by atoms with E-state index in [1.165, 1.54) is 0 Å². The van der Waals surface area contributed by atoms with Crippen molar-refractivity contribution in [3.8, 4) is 0 Å². The molecule has 0 spiro atoms. The Labute approximate surface area is 169 Å². The SMILES string of the molecule is CC(NC(=O)C1CCN(C(=O)Nc2ccccc2)CC1)c1nc2ccccc2[nH]1. The van der Waals surface area contributed by atoms with Crippen molar-refractivity contribution in [3.63, 3.8) is 0 Å². The fourth-order valence-electron chi connectivity index (χ4n) is 3.65. The maximum Gasteiger partial charge on any atom is 0.321 e. The lowest BCUT2D eigenvalue weighted by Crippen LogP contribution is -2.45. The first-order valence-electron chi connectivity index (χ1n) is 9.96. The van der Waals surface area contributed by atoms with Gasteiger partial charge in [-0.15, -0.1) is 0 Å². The molecule has 1 fully saturated rings. The number of carbonyl (C=O) groups excluding carboxylic acids is 2. The summed E-state index contributed by atoms with van der Waals surface area (Å²) in [6.45, 7) is 3.06. The number of H-pyrrole nitrogens is 1. The summed E-state index contributed by atoms with van der Waals surface area (Å²) in [4.78, 5) is 34.7. The molecule has 1 aliphatic rings. The van der Waals surface area contributed by atoms with Gasteiger partial charge < -0.3 is 20.5 Å². The van der Waals surface area contributed by atoms with E-state index < -0.39 is 0 Å². The Morgan fingerprint density at radius 1 is 1.07 bits per heavy atom. The van der Waals surface area contributed by atoms with Gasteiger partial charge in [-0.1, -0.05) is 30.3 Å². The second-order valence-corrected chi connectivity index (χ2v) is 7.43. The third-order valence-corrected chi connectivity index (χ3v) is 5.35. The lowest BCUT2D eigenvalue weighted by atomic mass is 9.96. The van der Waals surface area contributed by atoms with Gasteiger partial charge in [0.05, 0.1) is 17.1 Å². The Bertz CT molecular complexity index is 960. The highest BCUT2D eigenvalue weighted by Crippen LogP contribution is 2.21. The number of carbonyl (C=O) groups is 2. The summed E-state index contributed by atoms with van der Waals surface area (Å²) in [7, 11) is 0. The molecule has 2 aromatic carbocycles. The zero-order valence-electron chi connectivity index (χ0n) is 16.4. The van der Waals surface area contributed by atoms with Gasteiger partial charge in [0.1, 0.15) is 5.82 Å². The van der Waals surface area contributed by atoms with Gasteiger partial charge >= 0.3 is 6.03 Å². The molecule has 7 heteroatoms. The molecule has 0 aliphatic carbocycles. The number of nitrogens with zero attached hydrogens (tertiary/aromatic N) is 2. The van der Waals surface area contributed by atoms with E-state index in [1.54, 1.807) is 4.90 Å². The molecule has 1 unspecified atom stereocenters. The summed E-state index contributed by atoms with van der Waals surface area (Å²) in [6, 6.07) is 16.9. The van der Waals surface area contributed by atoms with Gasteiger partial charge in [-0.2, -0.15) is 0 Å². The van der Waals surface area contributed by atoms with E-state index in [2.05, 4.69) is 20.6 Å². The molecule has 4 rings (SSSR count). The smallest absolute Gasteiger partial charge is 0.321 e. The number of benzene rings is 2. The van der Waals surface area contributed by atoms with Crippen LogP contribution in [0.3, 0.4) is 0 Å². The number of likely N-dealkylation sites (tertiary alicyclic amines) is 1. The van der Waals surface area contributed by atoms with E-state index in [0.29, 0.717) is 25.9 Å². The van der Waals surface area contributed by atoms with Crippen LogP contribution in [0.2, 0.25) is 0 Å². The van der Waals surface area contributed by atoms with E-state index in [0.717, 1.165) is 22.5 Å². The van der Waals surface area contributed by atoms with Crippen molar-refractivity contribution in [3.05, 3.63) is 60.4 Å². The monoisotopic (exact) mass is 391 g/mol. The van der Waals surface area contributed by atoms with Gasteiger partial charge in [0.15, 0.2) is 0 Å². The fraction of sp³-hybridized carbons (Fsp3) is 0.318. The Balaban J connectivity index is 1.29. The zero-order valence-corrected chi connectivity index (χ0v) is 16.4. The summed E-state index contributed by atoms with van der Waals surface area (Å²) in [5, 5.41) is 5.96. The minimum atomic E-state index is -0.200. The average molecular weight is 391 g/mol. The van der Waals surface area contributed by atoms with Crippen LogP contribution in [0.25, 0.3) is 11.0 Å². The van der Waals surface area contributed by atoms with Crippen LogP contribution in [0.5, 0.6) is 0 Å². The third-order valence-electron chi connectivity index (χ3n) is 5.35. The van der Waals surface area contributed by atoms with Crippen LogP contribution in [-0.2, 0) is 4.79 Å². The molecule has 2 heterocycles. The van der Waals surface area contributed by atoms with E-state index in [4.69, 9.17) is 0 Å². The summed E-state index contributed by atoms with van der Waals surface area (Å²) >= 11 is 0. The van der Waals surface area contributed by atoms with Crippen molar-refractivity contribution in [2.75, 3.05) is 18.4 Å². The third kappa shape index (κ3) is 4.39. The molecule has 150 valence electrons. The second kappa shape index (κ2) is 8.34. The predicted octanol–water partition coefficient (Wildman–Crippen LogP) is 3.68.